The quantitative estimate of drug-likeness (QED) is 0.857. The standard InChI is InChI=1S/C15H25NS/c1-10(2)12-5-6-13(9-16)14(8-12)15-7-4-11(3)17-15/h4,7,10,12-14H,5-6,8-9,16H2,1-3H3. The van der Waals surface area contributed by atoms with Gasteiger partial charge in [0.05, 0.1) is 0 Å². The summed E-state index contributed by atoms with van der Waals surface area (Å²) in [5, 5.41) is 0. The summed E-state index contributed by atoms with van der Waals surface area (Å²) in [7, 11) is 0. The smallest absolute Gasteiger partial charge is 0.00823 e. The summed E-state index contributed by atoms with van der Waals surface area (Å²) in [4.78, 5) is 3.01. The Morgan fingerprint density at radius 3 is 2.65 bits per heavy atom. The highest BCUT2D eigenvalue weighted by Crippen LogP contribution is 2.44. The molecule has 0 amide bonds. The van der Waals surface area contributed by atoms with Gasteiger partial charge >= 0.3 is 0 Å². The summed E-state index contributed by atoms with van der Waals surface area (Å²) in [5.74, 6) is 3.14. The summed E-state index contributed by atoms with van der Waals surface area (Å²) in [5.41, 5.74) is 5.96. The molecule has 1 saturated carbocycles. The Kier molecular flexibility index (Phi) is 4.26. The Balaban J connectivity index is 2.15. The van der Waals surface area contributed by atoms with Crippen LogP contribution in [0.2, 0.25) is 0 Å². The SMILES string of the molecule is Cc1ccc(C2CC(C(C)C)CCC2CN)s1. The first kappa shape index (κ1) is 13.1. The van der Waals surface area contributed by atoms with Gasteiger partial charge in [-0.25, -0.2) is 0 Å². The van der Waals surface area contributed by atoms with E-state index in [9.17, 15) is 0 Å². The Labute approximate surface area is 109 Å². The third-order valence-electron chi connectivity index (χ3n) is 4.41. The number of nitrogens with two attached hydrogens (primary N) is 1. The normalized spacial score (nSPS) is 29.8. The third-order valence-corrected chi connectivity index (χ3v) is 5.54. The van der Waals surface area contributed by atoms with Gasteiger partial charge < -0.3 is 5.73 Å². The lowest BCUT2D eigenvalue weighted by atomic mass is 9.70. The molecular formula is C15H25NS. The number of hydrogen-bond donors (Lipinski definition) is 1. The van der Waals surface area contributed by atoms with Gasteiger partial charge in [-0.1, -0.05) is 13.8 Å². The van der Waals surface area contributed by atoms with Crippen LogP contribution in [0, 0.1) is 24.7 Å². The lowest BCUT2D eigenvalue weighted by Crippen LogP contribution is -2.30. The monoisotopic (exact) mass is 251 g/mol. The van der Waals surface area contributed by atoms with Crippen LogP contribution >= 0.6 is 11.3 Å². The van der Waals surface area contributed by atoms with Crippen molar-refractivity contribution in [2.45, 2.75) is 46.0 Å². The minimum atomic E-state index is 0.711. The van der Waals surface area contributed by atoms with Crippen LogP contribution in [0.4, 0.5) is 0 Å². The van der Waals surface area contributed by atoms with Crippen LogP contribution in [0.3, 0.4) is 0 Å². The van der Waals surface area contributed by atoms with Crippen LogP contribution in [-0.4, -0.2) is 6.54 Å². The summed E-state index contributed by atoms with van der Waals surface area (Å²) in [6.07, 6.45) is 4.04. The average molecular weight is 251 g/mol. The maximum atomic E-state index is 5.96. The van der Waals surface area contributed by atoms with Gasteiger partial charge in [0, 0.05) is 9.75 Å². The van der Waals surface area contributed by atoms with E-state index >= 15 is 0 Å². The topological polar surface area (TPSA) is 26.0 Å². The Morgan fingerprint density at radius 1 is 1.35 bits per heavy atom. The Morgan fingerprint density at radius 2 is 2.12 bits per heavy atom. The number of rotatable bonds is 3. The van der Waals surface area contributed by atoms with E-state index < -0.39 is 0 Å². The molecule has 3 unspecified atom stereocenters. The maximum absolute atomic E-state index is 5.96. The first-order valence-corrected chi connectivity index (χ1v) is 7.69. The molecule has 1 aliphatic carbocycles. The van der Waals surface area contributed by atoms with E-state index in [0.29, 0.717) is 5.92 Å². The van der Waals surface area contributed by atoms with E-state index in [0.717, 1.165) is 24.3 Å². The Bertz CT molecular complexity index is 356. The molecule has 0 aromatic carbocycles. The third kappa shape index (κ3) is 2.92. The molecular weight excluding hydrogens is 226 g/mol. The van der Waals surface area contributed by atoms with Crippen molar-refractivity contribution in [1.29, 1.82) is 0 Å². The lowest BCUT2D eigenvalue weighted by Gasteiger charge is -2.37. The largest absolute Gasteiger partial charge is 0.330 e. The van der Waals surface area contributed by atoms with Gasteiger partial charge in [-0.3, -0.25) is 0 Å². The fraction of sp³-hybridized carbons (Fsp3) is 0.733. The van der Waals surface area contributed by atoms with Crippen molar-refractivity contribution in [3.05, 3.63) is 21.9 Å². The van der Waals surface area contributed by atoms with Crippen molar-refractivity contribution < 1.29 is 0 Å². The van der Waals surface area contributed by atoms with Gasteiger partial charge in [0.25, 0.3) is 0 Å². The van der Waals surface area contributed by atoms with E-state index in [1.54, 1.807) is 4.88 Å². The molecule has 1 heterocycles. The Hall–Kier alpha value is -0.340. The molecule has 0 aliphatic heterocycles. The molecule has 1 aromatic rings. The van der Waals surface area contributed by atoms with Crippen molar-refractivity contribution in [3.63, 3.8) is 0 Å². The van der Waals surface area contributed by atoms with E-state index in [4.69, 9.17) is 5.73 Å². The second kappa shape index (κ2) is 5.53. The van der Waals surface area contributed by atoms with Crippen LogP contribution in [0.1, 0.15) is 48.8 Å². The summed E-state index contributed by atoms with van der Waals surface area (Å²) in [6.45, 7) is 7.79. The molecule has 0 spiro atoms. The molecule has 1 aromatic heterocycles. The van der Waals surface area contributed by atoms with Crippen molar-refractivity contribution in [3.8, 4) is 0 Å². The lowest BCUT2D eigenvalue weighted by molar-refractivity contribution is 0.199. The fourth-order valence-corrected chi connectivity index (χ4v) is 4.24. The van der Waals surface area contributed by atoms with E-state index in [2.05, 4.69) is 32.9 Å². The molecule has 0 radical (unpaired) electrons. The van der Waals surface area contributed by atoms with E-state index in [-0.39, 0.29) is 0 Å². The molecule has 96 valence electrons. The highest BCUT2D eigenvalue weighted by Gasteiger charge is 2.32. The molecule has 0 bridgehead atoms. The van der Waals surface area contributed by atoms with Crippen molar-refractivity contribution in [2.24, 2.45) is 23.5 Å². The summed E-state index contributed by atoms with van der Waals surface area (Å²) >= 11 is 1.97. The molecule has 0 saturated heterocycles. The zero-order valence-corrected chi connectivity index (χ0v) is 12.1. The molecule has 1 nitrogen and oxygen atoms in total. The van der Waals surface area contributed by atoms with Gasteiger partial charge in [0.15, 0.2) is 0 Å². The van der Waals surface area contributed by atoms with Gasteiger partial charge in [-0.05, 0) is 68.5 Å². The second-order valence-electron chi connectivity index (χ2n) is 5.87. The van der Waals surface area contributed by atoms with Crippen molar-refractivity contribution in [1.82, 2.24) is 0 Å². The first-order chi connectivity index (χ1) is 8.11. The number of thiophene rings is 1. The minimum Gasteiger partial charge on any atom is -0.330 e. The van der Waals surface area contributed by atoms with Crippen molar-refractivity contribution >= 4 is 11.3 Å². The highest BCUT2D eigenvalue weighted by molar-refractivity contribution is 7.12. The van der Waals surface area contributed by atoms with Gasteiger partial charge in [0.2, 0.25) is 0 Å². The van der Waals surface area contributed by atoms with E-state index in [1.807, 2.05) is 11.3 Å². The van der Waals surface area contributed by atoms with Gasteiger partial charge in [-0.2, -0.15) is 0 Å². The highest BCUT2D eigenvalue weighted by atomic mass is 32.1. The molecule has 17 heavy (non-hydrogen) atoms. The summed E-state index contributed by atoms with van der Waals surface area (Å²) < 4.78 is 0. The van der Waals surface area contributed by atoms with Crippen LogP contribution < -0.4 is 5.73 Å². The van der Waals surface area contributed by atoms with Gasteiger partial charge in [-0.15, -0.1) is 11.3 Å². The zero-order valence-electron chi connectivity index (χ0n) is 11.3. The predicted molar refractivity (Wildman–Crippen MR) is 76.5 cm³/mol. The molecule has 2 heteroatoms. The predicted octanol–water partition coefficient (Wildman–Crippen LogP) is 4.17. The zero-order chi connectivity index (χ0) is 12.4. The average Bonchev–Trinajstić information content (AvgIpc) is 2.74. The first-order valence-electron chi connectivity index (χ1n) is 6.88. The van der Waals surface area contributed by atoms with Crippen LogP contribution in [0.15, 0.2) is 12.1 Å². The van der Waals surface area contributed by atoms with Gasteiger partial charge in [0.1, 0.15) is 0 Å². The second-order valence-corrected chi connectivity index (χ2v) is 7.19. The molecule has 1 fully saturated rings. The maximum Gasteiger partial charge on any atom is 0.00823 e. The molecule has 2 rings (SSSR count). The molecule has 2 N–H and O–H groups in total. The summed E-state index contributed by atoms with van der Waals surface area (Å²) in [6, 6.07) is 4.59. The molecule has 1 aliphatic rings. The number of hydrogen-bond acceptors (Lipinski definition) is 2. The van der Waals surface area contributed by atoms with Crippen LogP contribution in [-0.2, 0) is 0 Å². The van der Waals surface area contributed by atoms with Crippen molar-refractivity contribution in [2.75, 3.05) is 6.54 Å². The number of aryl methyl sites for hydroxylation is 1. The van der Waals surface area contributed by atoms with Crippen LogP contribution in [0.25, 0.3) is 0 Å². The molecule has 3 atom stereocenters. The van der Waals surface area contributed by atoms with E-state index in [1.165, 1.54) is 24.1 Å². The van der Waals surface area contributed by atoms with Crippen LogP contribution in [0.5, 0.6) is 0 Å². The minimum absolute atomic E-state index is 0.711. The fourth-order valence-electron chi connectivity index (χ4n) is 3.15.